The molecule has 1 unspecified atom stereocenters. The molecule has 0 fully saturated rings. The highest BCUT2D eigenvalue weighted by atomic mass is 32.2. The largest absolute Gasteiger partial charge is 0.497 e. The summed E-state index contributed by atoms with van der Waals surface area (Å²) >= 11 is 1.66. The van der Waals surface area contributed by atoms with E-state index < -0.39 is 0 Å². The molecule has 1 rings (SSSR count). The molecule has 1 aromatic carbocycles. The van der Waals surface area contributed by atoms with Gasteiger partial charge in [-0.3, -0.25) is 0 Å². The maximum Gasteiger partial charge on any atom is 0.142 e. The Kier molecular flexibility index (Phi) is 4.98. The van der Waals surface area contributed by atoms with Gasteiger partial charge in [-0.25, -0.2) is 0 Å². The van der Waals surface area contributed by atoms with Gasteiger partial charge in [-0.05, 0) is 24.3 Å². The summed E-state index contributed by atoms with van der Waals surface area (Å²) in [7, 11) is 1.64. The Morgan fingerprint density at radius 3 is 2.62 bits per heavy atom. The maximum absolute atomic E-state index is 8.51. The first-order valence-corrected chi connectivity index (χ1v) is 5.90. The van der Waals surface area contributed by atoms with Gasteiger partial charge < -0.3 is 15.7 Å². The molecule has 1 aromatic rings. The van der Waals surface area contributed by atoms with Crippen molar-refractivity contribution in [1.82, 2.24) is 0 Å². The molecule has 0 heterocycles. The van der Waals surface area contributed by atoms with Crippen molar-refractivity contribution in [2.75, 3.05) is 12.9 Å². The third-order valence-corrected chi connectivity index (χ3v) is 3.45. The molecular weight excluding hydrogens is 224 g/mol. The molecule has 0 aliphatic rings. The van der Waals surface area contributed by atoms with Crippen molar-refractivity contribution >= 4 is 17.6 Å². The molecule has 16 heavy (non-hydrogen) atoms. The van der Waals surface area contributed by atoms with E-state index >= 15 is 0 Å². The molecule has 3 N–H and O–H groups in total. The van der Waals surface area contributed by atoms with Gasteiger partial charge in [-0.1, -0.05) is 12.1 Å². The quantitative estimate of drug-likeness (QED) is 0.272. The zero-order valence-corrected chi connectivity index (χ0v) is 10.2. The highest BCUT2D eigenvalue weighted by Gasteiger charge is 2.07. The Bertz CT molecular complexity index is 352. The minimum absolute atomic E-state index is 0.0529. The maximum atomic E-state index is 8.51. The fourth-order valence-corrected chi connectivity index (χ4v) is 2.02. The molecule has 0 saturated heterocycles. The van der Waals surface area contributed by atoms with Gasteiger partial charge in [-0.15, -0.1) is 11.8 Å². The van der Waals surface area contributed by atoms with Crippen LogP contribution in [0, 0.1) is 5.92 Å². The Morgan fingerprint density at radius 1 is 1.50 bits per heavy atom. The van der Waals surface area contributed by atoms with E-state index in [1.807, 2.05) is 31.2 Å². The van der Waals surface area contributed by atoms with Crippen LogP contribution in [-0.2, 0) is 0 Å². The van der Waals surface area contributed by atoms with E-state index in [1.165, 1.54) is 0 Å². The Labute approximate surface area is 99.5 Å². The molecule has 0 spiro atoms. The summed E-state index contributed by atoms with van der Waals surface area (Å²) in [4.78, 5) is 1.14. The van der Waals surface area contributed by atoms with E-state index in [1.54, 1.807) is 18.9 Å². The van der Waals surface area contributed by atoms with Gasteiger partial charge >= 0.3 is 0 Å². The number of hydrogen-bond acceptors (Lipinski definition) is 4. The number of oxime groups is 1. The lowest BCUT2D eigenvalue weighted by atomic mass is 10.2. The first-order valence-electron chi connectivity index (χ1n) is 4.91. The molecule has 0 amide bonds. The lowest BCUT2D eigenvalue weighted by Crippen LogP contribution is -2.22. The average molecular weight is 240 g/mol. The van der Waals surface area contributed by atoms with E-state index in [0.717, 1.165) is 16.4 Å². The van der Waals surface area contributed by atoms with Crippen molar-refractivity contribution in [1.29, 1.82) is 0 Å². The minimum Gasteiger partial charge on any atom is -0.497 e. The zero-order valence-electron chi connectivity index (χ0n) is 9.38. The van der Waals surface area contributed by atoms with Crippen molar-refractivity contribution in [3.63, 3.8) is 0 Å². The van der Waals surface area contributed by atoms with Crippen molar-refractivity contribution in [3.8, 4) is 5.75 Å². The van der Waals surface area contributed by atoms with Crippen LogP contribution < -0.4 is 10.5 Å². The smallest absolute Gasteiger partial charge is 0.142 e. The lowest BCUT2D eigenvalue weighted by Gasteiger charge is -2.09. The molecule has 88 valence electrons. The van der Waals surface area contributed by atoms with Gasteiger partial charge in [0, 0.05) is 16.6 Å². The van der Waals surface area contributed by atoms with Crippen LogP contribution in [0.1, 0.15) is 6.92 Å². The van der Waals surface area contributed by atoms with Crippen LogP contribution in [0.25, 0.3) is 0 Å². The van der Waals surface area contributed by atoms with E-state index in [2.05, 4.69) is 5.16 Å². The molecule has 0 aliphatic carbocycles. The summed E-state index contributed by atoms with van der Waals surface area (Å²) in [5.74, 6) is 1.94. The number of nitrogens with two attached hydrogens (primary N) is 1. The van der Waals surface area contributed by atoms with Gasteiger partial charge in [0.05, 0.1) is 7.11 Å². The van der Waals surface area contributed by atoms with Crippen LogP contribution >= 0.6 is 11.8 Å². The summed E-state index contributed by atoms with van der Waals surface area (Å²) < 4.78 is 5.07. The average Bonchev–Trinajstić information content (AvgIpc) is 2.35. The number of rotatable bonds is 5. The number of methoxy groups -OCH3 is 1. The highest BCUT2D eigenvalue weighted by molar-refractivity contribution is 7.99. The van der Waals surface area contributed by atoms with Crippen LogP contribution in [0.15, 0.2) is 34.3 Å². The number of thioether (sulfide) groups is 1. The SMILES string of the molecule is COc1ccc(SCC(C)/C(N)=N/O)cc1. The van der Waals surface area contributed by atoms with Crippen molar-refractivity contribution in [2.24, 2.45) is 16.8 Å². The van der Waals surface area contributed by atoms with Gasteiger partial charge in [-0.2, -0.15) is 0 Å². The zero-order chi connectivity index (χ0) is 12.0. The molecule has 0 saturated carbocycles. The predicted octanol–water partition coefficient (Wildman–Crippen LogP) is 2.17. The third kappa shape index (κ3) is 3.66. The lowest BCUT2D eigenvalue weighted by molar-refractivity contribution is 0.315. The molecule has 4 nitrogen and oxygen atoms in total. The van der Waals surface area contributed by atoms with E-state index in [4.69, 9.17) is 15.7 Å². The second-order valence-corrected chi connectivity index (χ2v) is 4.51. The van der Waals surface area contributed by atoms with Crippen molar-refractivity contribution in [3.05, 3.63) is 24.3 Å². The van der Waals surface area contributed by atoms with Gasteiger partial charge in [0.15, 0.2) is 0 Å². The second-order valence-electron chi connectivity index (χ2n) is 3.41. The number of nitrogens with zero attached hydrogens (tertiary/aromatic N) is 1. The summed E-state index contributed by atoms with van der Waals surface area (Å²) in [6, 6.07) is 7.80. The third-order valence-electron chi connectivity index (χ3n) is 2.18. The molecule has 1 atom stereocenters. The number of ether oxygens (including phenoxy) is 1. The first-order chi connectivity index (χ1) is 7.67. The Morgan fingerprint density at radius 2 is 2.12 bits per heavy atom. The van der Waals surface area contributed by atoms with Gasteiger partial charge in [0.2, 0.25) is 0 Å². The number of benzene rings is 1. The first kappa shape index (κ1) is 12.7. The summed E-state index contributed by atoms with van der Waals surface area (Å²) in [5.41, 5.74) is 5.49. The van der Waals surface area contributed by atoms with Gasteiger partial charge in [0.25, 0.3) is 0 Å². The topological polar surface area (TPSA) is 67.8 Å². The van der Waals surface area contributed by atoms with Crippen LogP contribution in [0.5, 0.6) is 5.75 Å². The van der Waals surface area contributed by atoms with Crippen LogP contribution in [0.4, 0.5) is 0 Å². The molecule has 0 bridgehead atoms. The van der Waals surface area contributed by atoms with E-state index in [-0.39, 0.29) is 11.8 Å². The fourth-order valence-electron chi connectivity index (χ4n) is 1.08. The number of hydrogen-bond donors (Lipinski definition) is 2. The van der Waals surface area contributed by atoms with Crippen molar-refractivity contribution in [2.45, 2.75) is 11.8 Å². The number of amidine groups is 1. The van der Waals surface area contributed by atoms with E-state index in [0.29, 0.717) is 0 Å². The Balaban J connectivity index is 2.48. The summed E-state index contributed by atoms with van der Waals surface area (Å²) in [6.07, 6.45) is 0. The second kappa shape index (κ2) is 6.27. The van der Waals surface area contributed by atoms with Gasteiger partial charge in [0.1, 0.15) is 11.6 Å². The molecular formula is C11H16N2O2S. The molecule has 0 radical (unpaired) electrons. The molecule has 0 aromatic heterocycles. The minimum atomic E-state index is 0.0529. The highest BCUT2D eigenvalue weighted by Crippen LogP contribution is 2.23. The molecule has 5 heteroatoms. The summed E-state index contributed by atoms with van der Waals surface area (Å²) in [6.45, 7) is 1.92. The van der Waals surface area contributed by atoms with Crippen LogP contribution in [0.2, 0.25) is 0 Å². The van der Waals surface area contributed by atoms with Crippen LogP contribution in [-0.4, -0.2) is 23.9 Å². The summed E-state index contributed by atoms with van der Waals surface area (Å²) in [5, 5.41) is 11.5. The normalized spacial score (nSPS) is 13.5. The fraction of sp³-hybridized carbons (Fsp3) is 0.364. The van der Waals surface area contributed by atoms with E-state index in [9.17, 15) is 0 Å². The standard InChI is InChI=1S/C11H16N2O2S/c1-8(11(12)13-14)7-16-10-5-3-9(15-2)4-6-10/h3-6,8,14H,7H2,1-2H3,(H2,12,13). The monoisotopic (exact) mass is 240 g/mol. The van der Waals surface area contributed by atoms with Crippen LogP contribution in [0.3, 0.4) is 0 Å². The Hall–Kier alpha value is -1.36. The van der Waals surface area contributed by atoms with Crippen molar-refractivity contribution < 1.29 is 9.94 Å². The predicted molar refractivity (Wildman–Crippen MR) is 66.3 cm³/mol. The molecule has 0 aliphatic heterocycles.